The minimum absolute atomic E-state index is 0.197. The van der Waals surface area contributed by atoms with Crippen LogP contribution < -0.4 is 11.2 Å². The molecule has 26 heavy (non-hydrogen) atoms. The zero-order valence-electron chi connectivity index (χ0n) is 14.7. The third-order valence-electron chi connectivity index (χ3n) is 5.94. The molecular weight excluding hydrogens is 346 g/mol. The Labute approximate surface area is 159 Å². The largest absolute Gasteiger partial charge is 0.360 e. The highest BCUT2D eigenvalue weighted by Crippen LogP contribution is 2.34. The molecular formula is C20H24ClN5. The molecule has 0 spiro atoms. The van der Waals surface area contributed by atoms with Gasteiger partial charge in [0.2, 0.25) is 0 Å². The third-order valence-corrected chi connectivity index (χ3v) is 6.19. The SMILES string of the molecule is NN1CC2CN(CC3=C(c4ccc(Cl)cc4)NC4C=CC=CN34)CC2C1. The lowest BCUT2D eigenvalue weighted by Crippen LogP contribution is -2.37. The molecule has 2 fully saturated rings. The van der Waals surface area contributed by atoms with Crippen molar-refractivity contribution in [3.8, 4) is 0 Å². The highest BCUT2D eigenvalue weighted by atomic mass is 35.5. The Morgan fingerprint density at radius 1 is 1.04 bits per heavy atom. The predicted octanol–water partition coefficient (Wildman–Crippen LogP) is 2.06. The molecule has 5 nitrogen and oxygen atoms in total. The van der Waals surface area contributed by atoms with Crippen molar-refractivity contribution < 1.29 is 0 Å². The Balaban J connectivity index is 1.42. The average Bonchev–Trinajstić information content (AvgIpc) is 3.27. The van der Waals surface area contributed by atoms with Gasteiger partial charge in [0.05, 0.1) is 11.4 Å². The quantitative estimate of drug-likeness (QED) is 0.799. The summed E-state index contributed by atoms with van der Waals surface area (Å²) in [5, 5.41) is 6.43. The summed E-state index contributed by atoms with van der Waals surface area (Å²) in [6.07, 6.45) is 8.78. The first kappa shape index (κ1) is 16.4. The lowest BCUT2D eigenvalue weighted by molar-refractivity contribution is 0.257. The molecule has 3 atom stereocenters. The number of nitrogens with one attached hydrogen (secondary N) is 1. The second-order valence-electron chi connectivity index (χ2n) is 7.72. The van der Waals surface area contributed by atoms with Gasteiger partial charge in [0.25, 0.3) is 0 Å². The maximum atomic E-state index is 6.09. The van der Waals surface area contributed by atoms with Crippen LogP contribution in [-0.2, 0) is 0 Å². The molecule has 0 bridgehead atoms. The number of allylic oxidation sites excluding steroid dienone is 2. The van der Waals surface area contributed by atoms with Crippen LogP contribution in [0.15, 0.2) is 54.4 Å². The zero-order chi connectivity index (χ0) is 17.7. The molecule has 5 rings (SSSR count). The summed E-state index contributed by atoms with van der Waals surface area (Å²) < 4.78 is 0. The van der Waals surface area contributed by atoms with Gasteiger partial charge in [0.1, 0.15) is 6.17 Å². The van der Waals surface area contributed by atoms with Gasteiger partial charge in [-0.05, 0) is 41.7 Å². The predicted molar refractivity (Wildman–Crippen MR) is 105 cm³/mol. The fourth-order valence-corrected chi connectivity index (χ4v) is 4.85. The van der Waals surface area contributed by atoms with E-state index >= 15 is 0 Å². The highest BCUT2D eigenvalue weighted by molar-refractivity contribution is 6.30. The second kappa shape index (κ2) is 6.43. The first-order chi connectivity index (χ1) is 12.7. The number of hydrogen-bond donors (Lipinski definition) is 2. The van der Waals surface area contributed by atoms with Crippen molar-refractivity contribution in [1.82, 2.24) is 20.1 Å². The van der Waals surface area contributed by atoms with E-state index in [-0.39, 0.29) is 6.17 Å². The zero-order valence-corrected chi connectivity index (χ0v) is 15.4. The lowest BCUT2D eigenvalue weighted by atomic mass is 10.0. The number of benzene rings is 1. The van der Waals surface area contributed by atoms with E-state index in [2.05, 4.69) is 51.7 Å². The van der Waals surface area contributed by atoms with Gasteiger partial charge in [-0.25, -0.2) is 5.01 Å². The maximum Gasteiger partial charge on any atom is 0.123 e. The first-order valence-electron chi connectivity index (χ1n) is 9.28. The van der Waals surface area contributed by atoms with Gasteiger partial charge in [-0.2, -0.15) is 0 Å². The van der Waals surface area contributed by atoms with E-state index < -0.39 is 0 Å². The number of rotatable bonds is 3. The fraction of sp³-hybridized carbons (Fsp3) is 0.400. The molecule has 0 amide bonds. The molecule has 2 saturated heterocycles. The number of likely N-dealkylation sites (tertiary alicyclic amines) is 1. The molecule has 1 aromatic rings. The van der Waals surface area contributed by atoms with E-state index in [9.17, 15) is 0 Å². The van der Waals surface area contributed by atoms with E-state index in [0.29, 0.717) is 11.8 Å². The van der Waals surface area contributed by atoms with Crippen LogP contribution in [0.4, 0.5) is 0 Å². The molecule has 136 valence electrons. The molecule has 0 aliphatic carbocycles. The number of fused-ring (bicyclic) bond motifs is 2. The lowest BCUT2D eigenvalue weighted by Gasteiger charge is -2.28. The summed E-state index contributed by atoms with van der Waals surface area (Å²) in [6.45, 7) is 5.27. The molecule has 3 N–H and O–H groups in total. The molecule has 1 aromatic carbocycles. The topological polar surface area (TPSA) is 47.8 Å². The standard InChI is InChI=1S/C20H24ClN5/c21-17-6-4-14(5-7-17)20-18(26-8-2-1-3-19(26)23-20)13-24-9-15-11-25(22)12-16(15)10-24/h1-8,15-16,19,23H,9-13,22H2. The van der Waals surface area contributed by atoms with Crippen molar-refractivity contribution in [2.75, 3.05) is 32.7 Å². The molecule has 4 heterocycles. The van der Waals surface area contributed by atoms with E-state index in [1.54, 1.807) is 0 Å². The number of halogens is 1. The van der Waals surface area contributed by atoms with Crippen LogP contribution >= 0.6 is 11.6 Å². The van der Waals surface area contributed by atoms with Gasteiger partial charge in [0, 0.05) is 43.9 Å². The van der Waals surface area contributed by atoms with Crippen LogP contribution in [-0.4, -0.2) is 53.7 Å². The molecule has 6 heteroatoms. The van der Waals surface area contributed by atoms with Crippen LogP contribution in [0.5, 0.6) is 0 Å². The number of nitrogens with two attached hydrogens (primary N) is 1. The minimum Gasteiger partial charge on any atom is -0.360 e. The van der Waals surface area contributed by atoms with Crippen LogP contribution in [0.25, 0.3) is 5.70 Å². The third kappa shape index (κ3) is 2.85. The van der Waals surface area contributed by atoms with Crippen LogP contribution in [0, 0.1) is 11.8 Å². The number of nitrogens with zero attached hydrogens (tertiary/aromatic N) is 3. The van der Waals surface area contributed by atoms with E-state index in [4.69, 9.17) is 17.4 Å². The summed E-state index contributed by atoms with van der Waals surface area (Å²) >= 11 is 6.09. The molecule has 0 aromatic heterocycles. The van der Waals surface area contributed by atoms with Gasteiger partial charge in [0.15, 0.2) is 0 Å². The fourth-order valence-electron chi connectivity index (χ4n) is 4.73. The van der Waals surface area contributed by atoms with Crippen LogP contribution in [0.2, 0.25) is 5.02 Å². The van der Waals surface area contributed by atoms with Gasteiger partial charge < -0.3 is 10.2 Å². The minimum atomic E-state index is 0.197. The summed E-state index contributed by atoms with van der Waals surface area (Å²) in [5.74, 6) is 7.41. The molecule has 4 aliphatic heterocycles. The Bertz CT molecular complexity index is 770. The maximum absolute atomic E-state index is 6.09. The monoisotopic (exact) mass is 369 g/mol. The van der Waals surface area contributed by atoms with Gasteiger partial charge >= 0.3 is 0 Å². The van der Waals surface area contributed by atoms with Crippen LogP contribution in [0.3, 0.4) is 0 Å². The Hall–Kier alpha value is -1.79. The van der Waals surface area contributed by atoms with E-state index in [1.165, 1.54) is 17.0 Å². The summed E-state index contributed by atoms with van der Waals surface area (Å²) in [4.78, 5) is 4.94. The van der Waals surface area contributed by atoms with E-state index in [0.717, 1.165) is 37.7 Å². The van der Waals surface area contributed by atoms with Gasteiger partial charge in [-0.3, -0.25) is 10.7 Å². The number of hydrogen-bond acceptors (Lipinski definition) is 5. The van der Waals surface area contributed by atoms with Crippen molar-refractivity contribution in [3.63, 3.8) is 0 Å². The van der Waals surface area contributed by atoms with Crippen LogP contribution in [0.1, 0.15) is 5.56 Å². The smallest absolute Gasteiger partial charge is 0.123 e. The Morgan fingerprint density at radius 3 is 2.50 bits per heavy atom. The summed E-state index contributed by atoms with van der Waals surface area (Å²) in [6, 6.07) is 8.12. The van der Waals surface area contributed by atoms with Crippen molar-refractivity contribution >= 4 is 17.3 Å². The number of hydrazine groups is 1. The normalized spacial score (nSPS) is 30.8. The van der Waals surface area contributed by atoms with Gasteiger partial charge in [-0.1, -0.05) is 29.8 Å². The molecule has 0 radical (unpaired) electrons. The van der Waals surface area contributed by atoms with Gasteiger partial charge in [-0.15, -0.1) is 0 Å². The summed E-state index contributed by atoms with van der Waals surface area (Å²) in [5.41, 5.74) is 3.73. The van der Waals surface area contributed by atoms with E-state index in [1.807, 2.05) is 17.1 Å². The second-order valence-corrected chi connectivity index (χ2v) is 8.16. The molecule has 4 aliphatic rings. The molecule has 0 saturated carbocycles. The first-order valence-corrected chi connectivity index (χ1v) is 9.66. The van der Waals surface area contributed by atoms with Crippen molar-refractivity contribution in [2.24, 2.45) is 17.7 Å². The summed E-state index contributed by atoms with van der Waals surface area (Å²) in [7, 11) is 0. The Morgan fingerprint density at radius 2 is 1.77 bits per heavy atom. The van der Waals surface area contributed by atoms with Crippen molar-refractivity contribution in [1.29, 1.82) is 0 Å². The molecule has 3 unspecified atom stereocenters. The van der Waals surface area contributed by atoms with Crippen molar-refractivity contribution in [3.05, 3.63) is 65.0 Å². The average molecular weight is 370 g/mol. The highest BCUT2D eigenvalue weighted by Gasteiger charge is 2.40. The Kier molecular flexibility index (Phi) is 4.05. The van der Waals surface area contributed by atoms with Crippen molar-refractivity contribution in [2.45, 2.75) is 6.17 Å².